The van der Waals surface area contributed by atoms with Crippen LogP contribution in [0.25, 0.3) is 0 Å². The summed E-state index contributed by atoms with van der Waals surface area (Å²) >= 11 is 6.17. The monoisotopic (exact) mass is 242 g/mol. The molecule has 1 rings (SSSR count). The van der Waals surface area contributed by atoms with E-state index in [1.807, 2.05) is 0 Å². The lowest BCUT2D eigenvalue weighted by atomic mass is 10.5. The molecule has 0 radical (unpaired) electrons. The number of thiocarbonyl (C=S) groups is 1. The highest BCUT2D eigenvalue weighted by molar-refractivity contribution is 8.15. The number of hydrazone groups is 1. The first kappa shape index (κ1) is 11.8. The molecule has 80 valence electrons. The van der Waals surface area contributed by atoms with Crippen molar-refractivity contribution in [3.8, 4) is 12.3 Å². The molecular weight excluding hydrogens is 232 g/mol. The zero-order chi connectivity index (χ0) is 11.3. The smallest absolute Gasteiger partial charge is 0.239 e. The Labute approximate surface area is 97.7 Å². The maximum absolute atomic E-state index is 11.3. The molecule has 1 amide bonds. The number of rotatable bonds is 2. The van der Waals surface area contributed by atoms with Gasteiger partial charge >= 0.3 is 0 Å². The lowest BCUT2D eigenvalue weighted by Crippen LogP contribution is -2.34. The minimum Gasteiger partial charge on any atom is -0.364 e. The maximum Gasteiger partial charge on any atom is 0.239 e. The molecule has 15 heavy (non-hydrogen) atoms. The minimum absolute atomic E-state index is 0.0334. The third kappa shape index (κ3) is 3.11. The maximum atomic E-state index is 11.3. The highest BCUT2D eigenvalue weighted by atomic mass is 32.2. The van der Waals surface area contributed by atoms with Crippen molar-refractivity contribution in [2.45, 2.75) is 0 Å². The number of thioether (sulfide) groups is 1. The van der Waals surface area contributed by atoms with Crippen molar-refractivity contribution in [1.82, 2.24) is 15.6 Å². The van der Waals surface area contributed by atoms with Crippen molar-refractivity contribution in [3.63, 3.8) is 0 Å². The molecule has 0 atom stereocenters. The summed E-state index contributed by atoms with van der Waals surface area (Å²) in [5.41, 5.74) is 2.61. The van der Waals surface area contributed by atoms with Gasteiger partial charge in [-0.15, -0.1) is 11.5 Å². The largest absolute Gasteiger partial charge is 0.364 e. The van der Waals surface area contributed by atoms with Gasteiger partial charge in [0.2, 0.25) is 5.91 Å². The van der Waals surface area contributed by atoms with E-state index in [4.69, 9.17) is 18.6 Å². The van der Waals surface area contributed by atoms with Gasteiger partial charge in [0.1, 0.15) is 0 Å². The van der Waals surface area contributed by atoms with Crippen molar-refractivity contribution in [1.29, 1.82) is 0 Å². The Morgan fingerprint density at radius 2 is 2.60 bits per heavy atom. The quantitative estimate of drug-likeness (QED) is 0.390. The van der Waals surface area contributed by atoms with E-state index < -0.39 is 0 Å². The average molecular weight is 242 g/mol. The molecule has 5 nitrogen and oxygen atoms in total. The predicted molar refractivity (Wildman–Crippen MR) is 65.2 cm³/mol. The van der Waals surface area contributed by atoms with Crippen molar-refractivity contribution in [2.24, 2.45) is 5.10 Å². The van der Waals surface area contributed by atoms with Crippen LogP contribution in [0.1, 0.15) is 0 Å². The molecule has 0 bridgehead atoms. The van der Waals surface area contributed by atoms with Crippen LogP contribution in [0.4, 0.5) is 0 Å². The number of hydrogen-bond acceptors (Lipinski definition) is 4. The SMILES string of the molecule is C#CCN1C(=O)CS/C1=N\NC(=S)NC. The molecule has 0 aromatic heterocycles. The van der Waals surface area contributed by atoms with Crippen LogP contribution in [0.5, 0.6) is 0 Å². The van der Waals surface area contributed by atoms with Gasteiger partial charge in [-0.25, -0.2) is 0 Å². The van der Waals surface area contributed by atoms with Crippen LogP contribution < -0.4 is 10.7 Å². The van der Waals surface area contributed by atoms with Gasteiger partial charge in [0.15, 0.2) is 10.3 Å². The summed E-state index contributed by atoms with van der Waals surface area (Å²) in [5, 5.41) is 7.63. The number of amidine groups is 1. The van der Waals surface area contributed by atoms with Crippen molar-refractivity contribution < 1.29 is 4.79 Å². The van der Waals surface area contributed by atoms with Crippen molar-refractivity contribution in [2.75, 3.05) is 19.3 Å². The van der Waals surface area contributed by atoms with Crippen LogP contribution in [0.15, 0.2) is 5.10 Å². The van der Waals surface area contributed by atoms with Gasteiger partial charge in [0.05, 0.1) is 12.3 Å². The van der Waals surface area contributed by atoms with Crippen LogP contribution >= 0.6 is 24.0 Å². The van der Waals surface area contributed by atoms with Gasteiger partial charge < -0.3 is 5.32 Å². The van der Waals surface area contributed by atoms with Crippen molar-refractivity contribution in [3.05, 3.63) is 0 Å². The summed E-state index contributed by atoms with van der Waals surface area (Å²) in [5.74, 6) is 2.74. The molecule has 0 saturated carbocycles. The summed E-state index contributed by atoms with van der Waals surface area (Å²) in [6, 6.07) is 0. The standard InChI is InChI=1S/C8H10N4OS2/c1-3-4-12-6(13)5-15-8(12)11-10-7(14)9-2/h1H,4-5H2,2H3,(H2,9,10,14)/b11-8-. The van der Waals surface area contributed by atoms with Crippen LogP contribution in [0.2, 0.25) is 0 Å². The lowest BCUT2D eigenvalue weighted by molar-refractivity contribution is -0.123. The summed E-state index contributed by atoms with van der Waals surface area (Å²) in [6.45, 7) is 0.235. The molecule has 2 N–H and O–H groups in total. The van der Waals surface area contributed by atoms with Crippen molar-refractivity contribution >= 4 is 40.2 Å². The number of amides is 1. The van der Waals surface area contributed by atoms with Crippen LogP contribution in [-0.4, -0.2) is 40.4 Å². The Balaban J connectivity index is 2.65. The molecule has 1 aliphatic heterocycles. The normalized spacial score (nSPS) is 17.7. The molecule has 7 heteroatoms. The number of nitrogens with zero attached hydrogens (tertiary/aromatic N) is 2. The number of hydrogen-bond donors (Lipinski definition) is 2. The topological polar surface area (TPSA) is 56.7 Å². The molecule has 0 unspecified atom stereocenters. The summed E-state index contributed by atoms with van der Waals surface area (Å²) in [4.78, 5) is 12.8. The Bertz CT molecular complexity index is 347. The Kier molecular flexibility index (Phi) is 4.39. The van der Waals surface area contributed by atoms with E-state index in [2.05, 4.69) is 21.8 Å². The number of nitrogens with one attached hydrogen (secondary N) is 2. The van der Waals surface area contributed by atoms with Gasteiger partial charge in [0, 0.05) is 7.05 Å². The first-order valence-corrected chi connectivity index (χ1v) is 5.50. The summed E-state index contributed by atoms with van der Waals surface area (Å²) in [7, 11) is 1.68. The van der Waals surface area contributed by atoms with Crippen LogP contribution in [0, 0.1) is 12.3 Å². The Morgan fingerprint density at radius 3 is 3.20 bits per heavy atom. The molecule has 0 spiro atoms. The van der Waals surface area contributed by atoms with E-state index in [0.717, 1.165) is 0 Å². The molecule has 1 heterocycles. The third-order valence-corrected chi connectivity index (χ3v) is 2.84. The number of carbonyl (C=O) groups excluding carboxylic acids is 1. The van der Waals surface area contributed by atoms with Crippen LogP contribution in [0.3, 0.4) is 0 Å². The zero-order valence-corrected chi connectivity index (χ0v) is 9.74. The van der Waals surface area contributed by atoms with Gasteiger partial charge in [0.25, 0.3) is 0 Å². The molecule has 0 aromatic carbocycles. The third-order valence-electron chi connectivity index (χ3n) is 1.59. The van der Waals surface area contributed by atoms with E-state index in [1.54, 1.807) is 7.05 Å². The highest BCUT2D eigenvalue weighted by Crippen LogP contribution is 2.17. The number of carbonyl (C=O) groups is 1. The van der Waals surface area contributed by atoms with Gasteiger partial charge in [-0.3, -0.25) is 15.1 Å². The second kappa shape index (κ2) is 5.58. The predicted octanol–water partition coefficient (Wildman–Crippen LogP) is -0.440. The second-order valence-corrected chi connectivity index (χ2v) is 3.91. The fourth-order valence-corrected chi connectivity index (χ4v) is 1.77. The first-order chi connectivity index (χ1) is 7.19. The lowest BCUT2D eigenvalue weighted by Gasteiger charge is -2.11. The summed E-state index contributed by atoms with van der Waals surface area (Å²) in [6.07, 6.45) is 5.15. The Morgan fingerprint density at radius 1 is 1.87 bits per heavy atom. The fourth-order valence-electron chi connectivity index (χ4n) is 0.883. The van der Waals surface area contributed by atoms with E-state index in [1.165, 1.54) is 16.7 Å². The molecule has 1 aliphatic rings. The summed E-state index contributed by atoms with van der Waals surface area (Å²) < 4.78 is 0. The minimum atomic E-state index is -0.0334. The second-order valence-electron chi connectivity index (χ2n) is 2.56. The van der Waals surface area contributed by atoms with E-state index >= 15 is 0 Å². The van der Waals surface area contributed by atoms with Crippen LogP contribution in [-0.2, 0) is 4.79 Å². The fraction of sp³-hybridized carbons (Fsp3) is 0.375. The molecule has 0 aliphatic carbocycles. The van der Waals surface area contributed by atoms with E-state index in [0.29, 0.717) is 16.0 Å². The molecule has 1 fully saturated rings. The number of terminal acetylenes is 1. The molecule has 1 saturated heterocycles. The van der Waals surface area contributed by atoms with E-state index in [-0.39, 0.29) is 12.5 Å². The zero-order valence-electron chi connectivity index (χ0n) is 8.11. The van der Waals surface area contributed by atoms with Gasteiger partial charge in [-0.1, -0.05) is 17.7 Å². The highest BCUT2D eigenvalue weighted by Gasteiger charge is 2.27. The molecule has 0 aromatic rings. The van der Waals surface area contributed by atoms with Gasteiger partial charge in [-0.2, -0.15) is 0 Å². The Hall–Kier alpha value is -1.26. The first-order valence-electron chi connectivity index (χ1n) is 4.11. The molecular formula is C8H10N4OS2. The average Bonchev–Trinajstić information content (AvgIpc) is 2.58. The van der Waals surface area contributed by atoms with Gasteiger partial charge in [-0.05, 0) is 12.2 Å². The van der Waals surface area contributed by atoms with E-state index in [9.17, 15) is 4.79 Å².